The van der Waals surface area contributed by atoms with E-state index in [1.807, 2.05) is 11.7 Å². The van der Waals surface area contributed by atoms with Gasteiger partial charge in [-0.15, -0.1) is 0 Å². The zero-order valence-electron chi connectivity index (χ0n) is 10.5. The van der Waals surface area contributed by atoms with E-state index in [2.05, 4.69) is 29.2 Å². The molecule has 5 heteroatoms. The minimum absolute atomic E-state index is 0.0115. The van der Waals surface area contributed by atoms with Gasteiger partial charge in [-0.1, -0.05) is 13.8 Å². The van der Waals surface area contributed by atoms with E-state index < -0.39 is 0 Å². The highest BCUT2D eigenvalue weighted by atomic mass is 16.2. The molecule has 1 aromatic heterocycles. The first kappa shape index (κ1) is 10.6. The topological polar surface area (TPSA) is 50.2 Å². The Morgan fingerprint density at radius 2 is 2.29 bits per heavy atom. The number of aromatic nitrogens is 2. The number of aryl methyl sites for hydroxylation is 2. The quantitative estimate of drug-likeness (QED) is 0.793. The maximum Gasteiger partial charge on any atom is 0.247 e. The molecule has 17 heavy (non-hydrogen) atoms. The molecule has 2 atom stereocenters. The molecule has 2 aliphatic heterocycles. The number of amides is 1. The van der Waals surface area contributed by atoms with Gasteiger partial charge in [0.15, 0.2) is 5.82 Å². The van der Waals surface area contributed by atoms with Gasteiger partial charge in [0, 0.05) is 13.6 Å². The van der Waals surface area contributed by atoms with Crippen molar-refractivity contribution >= 4 is 17.4 Å². The van der Waals surface area contributed by atoms with Crippen LogP contribution < -0.4 is 10.2 Å². The summed E-state index contributed by atoms with van der Waals surface area (Å²) in [7, 11) is 1.95. The van der Waals surface area contributed by atoms with Crippen molar-refractivity contribution in [3.8, 4) is 0 Å². The third-order valence-electron chi connectivity index (χ3n) is 3.91. The van der Waals surface area contributed by atoms with Gasteiger partial charge in [0.25, 0.3) is 0 Å². The Balaban J connectivity index is 2.13. The molecule has 0 spiro atoms. The van der Waals surface area contributed by atoms with Crippen LogP contribution in [0.25, 0.3) is 0 Å². The van der Waals surface area contributed by atoms with Gasteiger partial charge in [0.2, 0.25) is 5.91 Å². The molecule has 2 aliphatic rings. The third-order valence-corrected chi connectivity index (χ3v) is 3.91. The highest BCUT2D eigenvalue weighted by Gasteiger charge is 2.43. The number of rotatable bonds is 1. The van der Waals surface area contributed by atoms with Gasteiger partial charge < -0.3 is 10.2 Å². The molecule has 3 heterocycles. The fraction of sp³-hybridized carbons (Fsp3) is 0.667. The van der Waals surface area contributed by atoms with Crippen LogP contribution in [0.2, 0.25) is 0 Å². The lowest BCUT2D eigenvalue weighted by molar-refractivity contribution is -0.118. The summed E-state index contributed by atoms with van der Waals surface area (Å²) < 4.78 is 1.90. The highest BCUT2D eigenvalue weighted by Crippen LogP contribution is 2.40. The molecule has 5 nitrogen and oxygen atoms in total. The van der Waals surface area contributed by atoms with Crippen LogP contribution in [0.1, 0.15) is 26.0 Å². The molecule has 1 aromatic rings. The van der Waals surface area contributed by atoms with Crippen molar-refractivity contribution in [2.75, 3.05) is 16.8 Å². The standard InChI is InChI=1S/C12H18N4O/c1-4-8-9-12(15(3)14-8)16-6-5-7(2)10(16)11(17)13-9/h7,10H,4-6H2,1-3H3,(H,13,17). The summed E-state index contributed by atoms with van der Waals surface area (Å²) in [6.45, 7) is 5.16. The molecule has 92 valence electrons. The number of fused-ring (bicyclic) bond motifs is 3. The number of hydrogen-bond acceptors (Lipinski definition) is 3. The highest BCUT2D eigenvalue weighted by molar-refractivity contribution is 6.04. The second kappa shape index (κ2) is 3.48. The SMILES string of the molecule is CCc1nn(C)c2c1NC(=O)C1C(C)CCN21. The largest absolute Gasteiger partial charge is 0.343 e. The Kier molecular flexibility index (Phi) is 2.18. The van der Waals surface area contributed by atoms with Crippen molar-refractivity contribution in [3.63, 3.8) is 0 Å². The summed E-state index contributed by atoms with van der Waals surface area (Å²) in [5.41, 5.74) is 1.90. The summed E-state index contributed by atoms with van der Waals surface area (Å²) in [4.78, 5) is 14.3. The van der Waals surface area contributed by atoms with E-state index in [0.717, 1.165) is 36.6 Å². The molecule has 0 radical (unpaired) electrons. The first-order valence-electron chi connectivity index (χ1n) is 6.26. The minimum Gasteiger partial charge on any atom is -0.343 e. The molecule has 1 N–H and O–H groups in total. The molecule has 0 aromatic carbocycles. The Hall–Kier alpha value is -1.52. The van der Waals surface area contributed by atoms with Gasteiger partial charge in [-0.25, -0.2) is 0 Å². The van der Waals surface area contributed by atoms with Crippen LogP contribution >= 0.6 is 0 Å². The van der Waals surface area contributed by atoms with E-state index in [4.69, 9.17) is 0 Å². The monoisotopic (exact) mass is 234 g/mol. The van der Waals surface area contributed by atoms with E-state index in [1.54, 1.807) is 0 Å². The van der Waals surface area contributed by atoms with Crippen molar-refractivity contribution in [2.45, 2.75) is 32.7 Å². The van der Waals surface area contributed by atoms with Crippen LogP contribution in [-0.4, -0.2) is 28.3 Å². The fourth-order valence-electron chi connectivity index (χ4n) is 3.06. The number of anilines is 2. The second-order valence-corrected chi connectivity index (χ2v) is 5.02. The molecular weight excluding hydrogens is 216 g/mol. The van der Waals surface area contributed by atoms with E-state index in [1.165, 1.54) is 0 Å². The minimum atomic E-state index is -0.0115. The van der Waals surface area contributed by atoms with Crippen LogP contribution in [0.3, 0.4) is 0 Å². The Morgan fingerprint density at radius 1 is 1.53 bits per heavy atom. The van der Waals surface area contributed by atoms with Gasteiger partial charge in [-0.2, -0.15) is 5.10 Å². The molecule has 1 amide bonds. The number of hydrogen-bond donors (Lipinski definition) is 1. The number of nitrogens with one attached hydrogen (secondary N) is 1. The lowest BCUT2D eigenvalue weighted by Crippen LogP contribution is -2.47. The smallest absolute Gasteiger partial charge is 0.247 e. The van der Waals surface area contributed by atoms with Gasteiger partial charge in [-0.05, 0) is 18.8 Å². The maximum atomic E-state index is 12.1. The Labute approximate surface area is 101 Å². The summed E-state index contributed by atoms with van der Waals surface area (Å²) in [6.07, 6.45) is 1.92. The Bertz CT molecular complexity index is 479. The van der Waals surface area contributed by atoms with E-state index in [-0.39, 0.29) is 11.9 Å². The Morgan fingerprint density at radius 3 is 3.00 bits per heavy atom. The molecule has 0 aliphatic carbocycles. The lowest BCUT2D eigenvalue weighted by atomic mass is 10.0. The van der Waals surface area contributed by atoms with E-state index >= 15 is 0 Å². The summed E-state index contributed by atoms with van der Waals surface area (Å²) in [6, 6.07) is -0.0115. The first-order chi connectivity index (χ1) is 8.13. The lowest BCUT2D eigenvalue weighted by Gasteiger charge is -2.32. The van der Waals surface area contributed by atoms with Crippen LogP contribution in [0.15, 0.2) is 0 Å². The van der Waals surface area contributed by atoms with E-state index in [9.17, 15) is 4.79 Å². The summed E-state index contributed by atoms with van der Waals surface area (Å²) in [5, 5.41) is 7.53. The first-order valence-corrected chi connectivity index (χ1v) is 6.26. The van der Waals surface area contributed by atoms with Gasteiger partial charge in [0.1, 0.15) is 11.7 Å². The molecule has 0 bridgehead atoms. The number of nitrogens with zero attached hydrogens (tertiary/aromatic N) is 3. The molecule has 2 unspecified atom stereocenters. The second-order valence-electron chi connectivity index (χ2n) is 5.02. The predicted molar refractivity (Wildman–Crippen MR) is 66.1 cm³/mol. The molecule has 1 saturated heterocycles. The van der Waals surface area contributed by atoms with Crippen molar-refractivity contribution in [1.29, 1.82) is 0 Å². The van der Waals surface area contributed by atoms with Gasteiger partial charge in [-0.3, -0.25) is 9.48 Å². The molecule has 1 fully saturated rings. The van der Waals surface area contributed by atoms with Gasteiger partial charge in [0.05, 0.1) is 5.69 Å². The summed E-state index contributed by atoms with van der Waals surface area (Å²) in [5.74, 6) is 1.63. The molecular formula is C12H18N4O. The summed E-state index contributed by atoms with van der Waals surface area (Å²) >= 11 is 0. The van der Waals surface area contributed by atoms with Crippen LogP contribution in [0.5, 0.6) is 0 Å². The molecule has 0 saturated carbocycles. The fourth-order valence-corrected chi connectivity index (χ4v) is 3.06. The molecule has 3 rings (SSSR count). The van der Waals surface area contributed by atoms with Crippen LogP contribution in [0.4, 0.5) is 11.5 Å². The van der Waals surface area contributed by atoms with Crippen molar-refractivity contribution in [3.05, 3.63) is 5.69 Å². The van der Waals surface area contributed by atoms with E-state index in [0.29, 0.717) is 5.92 Å². The predicted octanol–water partition coefficient (Wildman–Crippen LogP) is 1.15. The van der Waals surface area contributed by atoms with Gasteiger partial charge >= 0.3 is 0 Å². The zero-order chi connectivity index (χ0) is 12.2. The average molecular weight is 234 g/mol. The maximum absolute atomic E-state index is 12.1. The normalized spacial score (nSPS) is 26.8. The number of carbonyl (C=O) groups excluding carboxylic acids is 1. The number of carbonyl (C=O) groups is 1. The van der Waals surface area contributed by atoms with Crippen LogP contribution in [0, 0.1) is 5.92 Å². The van der Waals surface area contributed by atoms with Crippen LogP contribution in [-0.2, 0) is 18.3 Å². The average Bonchev–Trinajstić information content (AvgIpc) is 2.81. The van der Waals surface area contributed by atoms with Crippen molar-refractivity contribution in [1.82, 2.24) is 9.78 Å². The van der Waals surface area contributed by atoms with Crippen molar-refractivity contribution in [2.24, 2.45) is 13.0 Å². The third kappa shape index (κ3) is 1.31. The zero-order valence-corrected chi connectivity index (χ0v) is 10.5. The van der Waals surface area contributed by atoms with Crippen molar-refractivity contribution < 1.29 is 4.79 Å².